The van der Waals surface area contributed by atoms with Gasteiger partial charge in [0.15, 0.2) is 0 Å². The Balaban J connectivity index is 2.60. The molecule has 2 aromatic rings. The molecule has 0 unspecified atom stereocenters. The Morgan fingerprint density at radius 3 is 2.67 bits per heavy atom. The number of H-pyrrole nitrogens is 1. The molecule has 1 N–H and O–H groups in total. The van der Waals surface area contributed by atoms with E-state index in [-0.39, 0.29) is 17.3 Å². The van der Waals surface area contributed by atoms with E-state index in [1.807, 2.05) is 13.8 Å². The zero-order valence-corrected chi connectivity index (χ0v) is 11.6. The summed E-state index contributed by atoms with van der Waals surface area (Å²) in [5, 5.41) is 0. The van der Waals surface area contributed by atoms with E-state index < -0.39 is 0 Å². The molecular weight excluding hydrogens is 299 g/mol. The fraction of sp³-hybridized carbons (Fsp3) is 0.231. The molecule has 0 spiro atoms. The van der Waals surface area contributed by atoms with Gasteiger partial charge in [-0.15, -0.1) is 0 Å². The first-order valence-corrected chi connectivity index (χ1v) is 6.33. The Kier molecular flexibility index (Phi) is 3.61. The van der Waals surface area contributed by atoms with Crippen LogP contribution in [0.5, 0.6) is 0 Å². The van der Waals surface area contributed by atoms with E-state index in [1.165, 1.54) is 18.2 Å². The van der Waals surface area contributed by atoms with Gasteiger partial charge in [-0.1, -0.05) is 13.8 Å². The van der Waals surface area contributed by atoms with Gasteiger partial charge in [0.1, 0.15) is 11.6 Å². The second kappa shape index (κ2) is 5.02. The van der Waals surface area contributed by atoms with Gasteiger partial charge in [-0.3, -0.25) is 4.79 Å². The molecule has 1 heterocycles. The third-order valence-corrected chi connectivity index (χ3v) is 3.20. The van der Waals surface area contributed by atoms with Crippen LogP contribution in [0, 0.1) is 5.82 Å². The summed E-state index contributed by atoms with van der Waals surface area (Å²) in [6, 6.07) is 5.74. The van der Waals surface area contributed by atoms with Crippen LogP contribution in [-0.2, 0) is 0 Å². The van der Waals surface area contributed by atoms with E-state index in [1.54, 1.807) is 6.07 Å². The van der Waals surface area contributed by atoms with Crippen molar-refractivity contribution in [3.05, 3.63) is 50.6 Å². The van der Waals surface area contributed by atoms with E-state index in [2.05, 4.69) is 25.9 Å². The minimum absolute atomic E-state index is 0.158. The zero-order valence-electron chi connectivity index (χ0n) is 10.00. The quantitative estimate of drug-likeness (QED) is 0.923. The lowest BCUT2D eigenvalue weighted by molar-refractivity contribution is 0.627. The Morgan fingerprint density at radius 2 is 2.06 bits per heavy atom. The van der Waals surface area contributed by atoms with Gasteiger partial charge in [0.05, 0.1) is 5.69 Å². The second-order valence-corrected chi connectivity index (χ2v) is 5.15. The van der Waals surface area contributed by atoms with Crippen molar-refractivity contribution in [3.63, 3.8) is 0 Å². The lowest BCUT2D eigenvalue weighted by Gasteiger charge is -2.08. The van der Waals surface area contributed by atoms with Crippen molar-refractivity contribution in [1.82, 2.24) is 9.97 Å². The van der Waals surface area contributed by atoms with Gasteiger partial charge in [0, 0.05) is 16.1 Å². The smallest absolute Gasteiger partial charge is 0.251 e. The van der Waals surface area contributed by atoms with Crippen molar-refractivity contribution >= 4 is 15.9 Å². The maximum Gasteiger partial charge on any atom is 0.251 e. The summed E-state index contributed by atoms with van der Waals surface area (Å²) in [5.74, 6) is 0.260. The molecule has 0 bridgehead atoms. The summed E-state index contributed by atoms with van der Waals surface area (Å²) in [4.78, 5) is 18.6. The first kappa shape index (κ1) is 13.0. The first-order chi connectivity index (χ1) is 8.47. The summed E-state index contributed by atoms with van der Waals surface area (Å²) >= 11 is 3.27. The topological polar surface area (TPSA) is 45.8 Å². The highest BCUT2D eigenvalue weighted by Crippen LogP contribution is 2.26. The van der Waals surface area contributed by atoms with Crippen LogP contribution in [-0.4, -0.2) is 9.97 Å². The van der Waals surface area contributed by atoms with Crippen LogP contribution in [0.15, 0.2) is 33.5 Å². The number of nitrogens with zero attached hydrogens (tertiary/aromatic N) is 1. The van der Waals surface area contributed by atoms with Crippen molar-refractivity contribution in [1.29, 1.82) is 0 Å². The SMILES string of the molecule is CC(C)c1cc(=O)[nH]c(-c2ccc(F)cc2Br)n1. The molecule has 1 aromatic carbocycles. The van der Waals surface area contributed by atoms with Crippen LogP contribution >= 0.6 is 15.9 Å². The number of hydrogen-bond donors (Lipinski definition) is 1. The highest BCUT2D eigenvalue weighted by molar-refractivity contribution is 9.10. The van der Waals surface area contributed by atoms with Crippen LogP contribution in [0.25, 0.3) is 11.4 Å². The molecule has 1 aromatic heterocycles. The number of hydrogen-bond acceptors (Lipinski definition) is 2. The lowest BCUT2D eigenvalue weighted by Crippen LogP contribution is -2.11. The van der Waals surface area contributed by atoms with Crippen molar-refractivity contribution in [2.45, 2.75) is 19.8 Å². The summed E-state index contributed by atoms with van der Waals surface area (Å²) < 4.78 is 13.6. The number of aromatic amines is 1. The summed E-state index contributed by atoms with van der Waals surface area (Å²) in [6.07, 6.45) is 0. The number of rotatable bonds is 2. The zero-order chi connectivity index (χ0) is 13.3. The largest absolute Gasteiger partial charge is 0.306 e. The minimum Gasteiger partial charge on any atom is -0.306 e. The van der Waals surface area contributed by atoms with E-state index in [0.29, 0.717) is 21.6 Å². The van der Waals surface area contributed by atoms with Gasteiger partial charge >= 0.3 is 0 Å². The Hall–Kier alpha value is -1.49. The summed E-state index contributed by atoms with van der Waals surface area (Å²) in [6.45, 7) is 3.93. The molecule has 94 valence electrons. The predicted molar refractivity (Wildman–Crippen MR) is 72.0 cm³/mol. The molecule has 0 amide bonds. The molecule has 0 aliphatic carbocycles. The molecule has 18 heavy (non-hydrogen) atoms. The molecule has 0 aliphatic heterocycles. The van der Waals surface area contributed by atoms with E-state index in [9.17, 15) is 9.18 Å². The molecule has 0 saturated carbocycles. The first-order valence-electron chi connectivity index (χ1n) is 5.54. The molecule has 0 radical (unpaired) electrons. The summed E-state index contributed by atoms with van der Waals surface area (Å²) in [5.41, 5.74) is 1.17. The molecule has 0 saturated heterocycles. The van der Waals surface area contributed by atoms with E-state index in [4.69, 9.17) is 0 Å². The van der Waals surface area contributed by atoms with Gasteiger partial charge in [-0.05, 0) is 40.0 Å². The standard InChI is InChI=1S/C13H12BrFN2O/c1-7(2)11-6-12(18)17-13(16-11)9-4-3-8(15)5-10(9)14/h3-7H,1-2H3,(H,16,17,18). The number of benzene rings is 1. The van der Waals surface area contributed by atoms with E-state index in [0.717, 1.165) is 0 Å². The minimum atomic E-state index is -0.340. The van der Waals surface area contributed by atoms with Crippen LogP contribution in [0.4, 0.5) is 4.39 Å². The fourth-order valence-corrected chi connectivity index (χ4v) is 2.12. The van der Waals surface area contributed by atoms with Crippen LogP contribution in [0.3, 0.4) is 0 Å². The van der Waals surface area contributed by atoms with Gasteiger partial charge in [0.25, 0.3) is 5.56 Å². The Bertz CT molecular complexity index is 637. The normalized spacial score (nSPS) is 10.9. The van der Waals surface area contributed by atoms with Crippen molar-refractivity contribution in [2.24, 2.45) is 0 Å². The Morgan fingerprint density at radius 1 is 1.33 bits per heavy atom. The third-order valence-electron chi connectivity index (χ3n) is 2.54. The van der Waals surface area contributed by atoms with Crippen molar-refractivity contribution in [3.8, 4) is 11.4 Å². The molecule has 5 heteroatoms. The molecular formula is C13H12BrFN2O. The maximum atomic E-state index is 13.0. The third kappa shape index (κ3) is 2.67. The van der Waals surface area contributed by atoms with Crippen molar-refractivity contribution in [2.75, 3.05) is 0 Å². The fourth-order valence-electron chi connectivity index (χ4n) is 1.58. The number of halogens is 2. The van der Waals surface area contributed by atoms with Crippen LogP contribution < -0.4 is 5.56 Å². The number of nitrogens with one attached hydrogen (secondary N) is 1. The predicted octanol–water partition coefficient (Wildman–Crippen LogP) is 3.46. The Labute approximate surface area is 112 Å². The summed E-state index contributed by atoms with van der Waals surface area (Å²) in [7, 11) is 0. The number of aromatic nitrogens is 2. The molecule has 0 fully saturated rings. The second-order valence-electron chi connectivity index (χ2n) is 4.30. The average Bonchev–Trinajstić information content (AvgIpc) is 2.27. The van der Waals surface area contributed by atoms with E-state index >= 15 is 0 Å². The highest BCUT2D eigenvalue weighted by Gasteiger charge is 2.10. The van der Waals surface area contributed by atoms with Gasteiger partial charge in [-0.2, -0.15) is 0 Å². The molecule has 0 atom stereocenters. The highest BCUT2D eigenvalue weighted by atomic mass is 79.9. The molecule has 0 aliphatic rings. The van der Waals surface area contributed by atoms with Crippen LogP contribution in [0.1, 0.15) is 25.5 Å². The monoisotopic (exact) mass is 310 g/mol. The average molecular weight is 311 g/mol. The van der Waals surface area contributed by atoms with Gasteiger partial charge < -0.3 is 4.98 Å². The molecule has 3 nitrogen and oxygen atoms in total. The maximum absolute atomic E-state index is 13.0. The lowest BCUT2D eigenvalue weighted by atomic mass is 10.1. The van der Waals surface area contributed by atoms with Gasteiger partial charge in [0.2, 0.25) is 0 Å². The van der Waals surface area contributed by atoms with Gasteiger partial charge in [-0.25, -0.2) is 9.37 Å². The molecule has 2 rings (SSSR count). The van der Waals surface area contributed by atoms with Crippen molar-refractivity contribution < 1.29 is 4.39 Å². The van der Waals surface area contributed by atoms with Crippen LogP contribution in [0.2, 0.25) is 0 Å².